The number of hydrogen-bond donors (Lipinski definition) is 1. The fourth-order valence-electron chi connectivity index (χ4n) is 2.80. The molecule has 2 rings (SSSR count). The molecular weight excluding hydrogens is 254 g/mol. The zero-order valence-corrected chi connectivity index (χ0v) is 12.2. The number of esters is 1. The van der Waals surface area contributed by atoms with Crippen LogP contribution in [0.5, 0.6) is 5.75 Å². The highest BCUT2D eigenvalue weighted by Gasteiger charge is 2.31. The molecule has 0 spiro atoms. The maximum Gasteiger partial charge on any atom is 0.309 e. The van der Waals surface area contributed by atoms with E-state index in [9.17, 15) is 4.79 Å². The van der Waals surface area contributed by atoms with Crippen LogP contribution in [0, 0.1) is 11.8 Å². The third-order valence-electron chi connectivity index (χ3n) is 3.83. The second-order valence-electron chi connectivity index (χ2n) is 5.17. The van der Waals surface area contributed by atoms with Crippen LogP contribution in [-0.2, 0) is 16.0 Å². The molecule has 4 heteroatoms. The summed E-state index contributed by atoms with van der Waals surface area (Å²) >= 11 is 0. The molecule has 0 aromatic heterocycles. The zero-order chi connectivity index (χ0) is 14.4. The van der Waals surface area contributed by atoms with Crippen molar-refractivity contribution in [2.75, 3.05) is 26.8 Å². The molecule has 4 nitrogen and oxygen atoms in total. The summed E-state index contributed by atoms with van der Waals surface area (Å²) in [5, 5.41) is 3.37. The topological polar surface area (TPSA) is 47.6 Å². The van der Waals surface area contributed by atoms with Crippen LogP contribution < -0.4 is 10.1 Å². The van der Waals surface area contributed by atoms with Gasteiger partial charge in [-0.15, -0.1) is 0 Å². The normalized spacial score (nSPS) is 22.3. The van der Waals surface area contributed by atoms with Crippen molar-refractivity contribution in [1.29, 1.82) is 0 Å². The smallest absolute Gasteiger partial charge is 0.309 e. The Morgan fingerprint density at radius 1 is 1.45 bits per heavy atom. The maximum absolute atomic E-state index is 12.0. The van der Waals surface area contributed by atoms with Gasteiger partial charge in [0, 0.05) is 0 Å². The Morgan fingerprint density at radius 2 is 2.30 bits per heavy atom. The van der Waals surface area contributed by atoms with Gasteiger partial charge in [-0.25, -0.2) is 0 Å². The number of piperidine rings is 1. The molecule has 0 aliphatic carbocycles. The van der Waals surface area contributed by atoms with E-state index in [4.69, 9.17) is 9.47 Å². The highest BCUT2D eigenvalue weighted by atomic mass is 16.5. The second kappa shape index (κ2) is 7.29. The van der Waals surface area contributed by atoms with Crippen molar-refractivity contribution in [2.45, 2.75) is 19.8 Å². The van der Waals surface area contributed by atoms with Gasteiger partial charge in [0.25, 0.3) is 0 Å². The molecule has 110 valence electrons. The van der Waals surface area contributed by atoms with Gasteiger partial charge in [-0.05, 0) is 56.5 Å². The molecule has 0 amide bonds. The molecule has 1 aromatic rings. The lowest BCUT2D eigenvalue weighted by atomic mass is 9.82. The number of hydrogen-bond acceptors (Lipinski definition) is 4. The number of methoxy groups -OCH3 is 1. The van der Waals surface area contributed by atoms with E-state index < -0.39 is 0 Å². The number of carbonyl (C=O) groups excluding carboxylic acids is 1. The summed E-state index contributed by atoms with van der Waals surface area (Å²) in [6.45, 7) is 4.06. The van der Waals surface area contributed by atoms with Crippen LogP contribution in [0.25, 0.3) is 0 Å². The van der Waals surface area contributed by atoms with E-state index >= 15 is 0 Å². The minimum absolute atomic E-state index is 0.00222. The van der Waals surface area contributed by atoms with Crippen LogP contribution in [-0.4, -0.2) is 32.8 Å². The van der Waals surface area contributed by atoms with Crippen molar-refractivity contribution in [3.63, 3.8) is 0 Å². The summed E-state index contributed by atoms with van der Waals surface area (Å²) in [5.41, 5.74) is 1.20. The van der Waals surface area contributed by atoms with Crippen molar-refractivity contribution in [2.24, 2.45) is 11.8 Å². The highest BCUT2D eigenvalue weighted by molar-refractivity contribution is 5.73. The van der Waals surface area contributed by atoms with Crippen LogP contribution in [0.1, 0.15) is 18.9 Å². The van der Waals surface area contributed by atoms with E-state index in [0.717, 1.165) is 31.7 Å². The van der Waals surface area contributed by atoms with Crippen LogP contribution in [0.3, 0.4) is 0 Å². The van der Waals surface area contributed by atoms with Crippen LogP contribution >= 0.6 is 0 Å². The summed E-state index contributed by atoms with van der Waals surface area (Å²) in [6, 6.07) is 8.05. The highest BCUT2D eigenvalue weighted by Crippen LogP contribution is 2.26. The number of carbonyl (C=O) groups is 1. The minimum atomic E-state index is -0.0538. The quantitative estimate of drug-likeness (QED) is 0.837. The molecule has 0 radical (unpaired) electrons. The third kappa shape index (κ3) is 3.73. The number of rotatable bonds is 5. The van der Waals surface area contributed by atoms with E-state index in [0.29, 0.717) is 6.61 Å². The average Bonchev–Trinajstić information content (AvgIpc) is 2.48. The number of benzene rings is 1. The lowest BCUT2D eigenvalue weighted by Crippen LogP contribution is -2.41. The Kier molecular flexibility index (Phi) is 5.41. The predicted octanol–water partition coefficient (Wildman–Crippen LogP) is 2.03. The lowest BCUT2D eigenvalue weighted by Gasteiger charge is -2.30. The van der Waals surface area contributed by atoms with Gasteiger partial charge in [-0.2, -0.15) is 0 Å². The van der Waals surface area contributed by atoms with E-state index in [1.807, 2.05) is 25.1 Å². The molecule has 1 N–H and O–H groups in total. The summed E-state index contributed by atoms with van der Waals surface area (Å²) in [7, 11) is 1.67. The van der Waals surface area contributed by atoms with Gasteiger partial charge in [-0.3, -0.25) is 4.79 Å². The molecule has 1 aromatic carbocycles. The average molecular weight is 277 g/mol. The van der Waals surface area contributed by atoms with Crippen molar-refractivity contribution in [3.8, 4) is 5.75 Å². The lowest BCUT2D eigenvalue weighted by molar-refractivity contribution is -0.150. The fourth-order valence-corrected chi connectivity index (χ4v) is 2.80. The Balaban J connectivity index is 2.06. The number of ether oxygens (including phenoxy) is 2. The van der Waals surface area contributed by atoms with Gasteiger partial charge in [0.15, 0.2) is 0 Å². The van der Waals surface area contributed by atoms with Crippen molar-refractivity contribution in [1.82, 2.24) is 5.32 Å². The van der Waals surface area contributed by atoms with Crippen molar-refractivity contribution in [3.05, 3.63) is 29.8 Å². The largest absolute Gasteiger partial charge is 0.497 e. The molecule has 1 saturated heterocycles. The summed E-state index contributed by atoms with van der Waals surface area (Å²) in [5.74, 6) is 1.10. The summed E-state index contributed by atoms with van der Waals surface area (Å²) in [6.07, 6.45) is 1.72. The molecule has 2 atom stereocenters. The van der Waals surface area contributed by atoms with Gasteiger partial charge in [0.05, 0.1) is 19.6 Å². The standard InChI is InChI=1S/C16H23NO3/c1-3-20-16(18)15-7-8-17-11-13(15)9-12-5-4-6-14(10-12)19-2/h4-6,10,13,15,17H,3,7-9,11H2,1-2H3/t13-,15+/m1/s1. The van der Waals surface area contributed by atoms with Crippen LogP contribution in [0.15, 0.2) is 24.3 Å². The Hall–Kier alpha value is -1.55. The molecule has 1 fully saturated rings. The monoisotopic (exact) mass is 277 g/mol. The maximum atomic E-state index is 12.0. The van der Waals surface area contributed by atoms with Gasteiger partial charge in [0.2, 0.25) is 0 Å². The molecule has 0 saturated carbocycles. The fraction of sp³-hybridized carbons (Fsp3) is 0.562. The van der Waals surface area contributed by atoms with Crippen LogP contribution in [0.4, 0.5) is 0 Å². The summed E-state index contributed by atoms with van der Waals surface area (Å²) < 4.78 is 10.5. The van der Waals surface area contributed by atoms with E-state index in [-0.39, 0.29) is 17.8 Å². The van der Waals surface area contributed by atoms with Crippen LogP contribution in [0.2, 0.25) is 0 Å². The first-order chi connectivity index (χ1) is 9.74. The molecule has 1 aliphatic heterocycles. The molecule has 0 bridgehead atoms. The SMILES string of the molecule is CCOC(=O)[C@H]1CCNC[C@H]1Cc1cccc(OC)c1. The molecule has 20 heavy (non-hydrogen) atoms. The molecular formula is C16H23NO3. The van der Waals surface area contributed by atoms with Gasteiger partial charge in [-0.1, -0.05) is 12.1 Å². The first-order valence-electron chi connectivity index (χ1n) is 7.25. The molecule has 1 aliphatic rings. The van der Waals surface area contributed by atoms with Gasteiger partial charge < -0.3 is 14.8 Å². The van der Waals surface area contributed by atoms with Crippen molar-refractivity contribution < 1.29 is 14.3 Å². The summed E-state index contributed by atoms with van der Waals surface area (Å²) in [4.78, 5) is 12.0. The first kappa shape index (κ1) is 14.9. The Bertz CT molecular complexity index is 447. The number of nitrogens with one attached hydrogen (secondary N) is 1. The minimum Gasteiger partial charge on any atom is -0.497 e. The molecule has 0 unspecified atom stereocenters. The third-order valence-corrected chi connectivity index (χ3v) is 3.83. The zero-order valence-electron chi connectivity index (χ0n) is 12.2. The van der Waals surface area contributed by atoms with E-state index in [1.165, 1.54) is 5.56 Å². The second-order valence-corrected chi connectivity index (χ2v) is 5.17. The van der Waals surface area contributed by atoms with E-state index in [2.05, 4.69) is 11.4 Å². The molecule has 1 heterocycles. The predicted molar refractivity (Wildman–Crippen MR) is 77.8 cm³/mol. The van der Waals surface area contributed by atoms with E-state index in [1.54, 1.807) is 7.11 Å². The first-order valence-corrected chi connectivity index (χ1v) is 7.25. The van der Waals surface area contributed by atoms with Gasteiger partial charge in [0.1, 0.15) is 5.75 Å². The van der Waals surface area contributed by atoms with Gasteiger partial charge >= 0.3 is 5.97 Å². The Morgan fingerprint density at radius 3 is 3.05 bits per heavy atom. The Labute approximate surface area is 120 Å². The van der Waals surface area contributed by atoms with Crippen molar-refractivity contribution >= 4 is 5.97 Å².